The highest BCUT2D eigenvalue weighted by atomic mass is 16.6. The molecule has 8 heteroatoms. The summed E-state index contributed by atoms with van der Waals surface area (Å²) in [6.07, 6.45) is 0.542. The largest absolute Gasteiger partial charge is 0.444 e. The van der Waals surface area contributed by atoms with Gasteiger partial charge in [0.25, 0.3) is 0 Å². The lowest BCUT2D eigenvalue weighted by molar-refractivity contribution is -0.0136. The Morgan fingerprint density at radius 3 is 2.63 bits per heavy atom. The highest BCUT2D eigenvalue weighted by Gasteiger charge is 2.17. The first kappa shape index (κ1) is 24.0. The Morgan fingerprint density at radius 2 is 2.00 bits per heavy atom. The number of hydrogen-bond donors (Lipinski definition) is 3. The quantitative estimate of drug-likeness (QED) is 0.465. The number of amides is 1. The molecule has 1 fully saturated rings. The molecule has 1 heterocycles. The van der Waals surface area contributed by atoms with E-state index in [4.69, 9.17) is 9.47 Å². The first-order chi connectivity index (χ1) is 14.2. The molecule has 0 spiro atoms. The van der Waals surface area contributed by atoms with Gasteiger partial charge < -0.3 is 25.0 Å². The van der Waals surface area contributed by atoms with Gasteiger partial charge in [0.1, 0.15) is 5.60 Å². The lowest BCUT2D eigenvalue weighted by atomic mass is 10.1. The van der Waals surface area contributed by atoms with Crippen LogP contribution in [0.1, 0.15) is 33.3 Å². The van der Waals surface area contributed by atoms with E-state index in [-0.39, 0.29) is 6.10 Å². The highest BCUT2D eigenvalue weighted by Crippen LogP contribution is 2.13. The van der Waals surface area contributed by atoms with E-state index in [0.717, 1.165) is 45.2 Å². The molecule has 8 nitrogen and oxygen atoms in total. The number of morpholine rings is 1. The molecule has 0 saturated carbocycles. The average molecular weight is 420 g/mol. The van der Waals surface area contributed by atoms with Crippen LogP contribution in [0.3, 0.4) is 0 Å². The minimum atomic E-state index is -0.513. The predicted molar refractivity (Wildman–Crippen MR) is 121 cm³/mol. The zero-order valence-electron chi connectivity index (χ0n) is 19.0. The standard InChI is InChI=1S/C22H37N5O3/c1-6-23-20(25-15-19-16-27(5)13-14-29-19)24-12-11-17-7-9-18(10-8-17)26-21(28)30-22(2,3)4/h7-10,19H,6,11-16H2,1-5H3,(H,26,28)(H2,23,24,25). The molecule has 1 unspecified atom stereocenters. The zero-order valence-corrected chi connectivity index (χ0v) is 19.0. The third-order valence-electron chi connectivity index (χ3n) is 4.44. The second-order valence-corrected chi connectivity index (χ2v) is 8.48. The van der Waals surface area contributed by atoms with Crippen molar-refractivity contribution in [2.75, 3.05) is 51.7 Å². The van der Waals surface area contributed by atoms with E-state index in [9.17, 15) is 4.79 Å². The van der Waals surface area contributed by atoms with Crippen LogP contribution >= 0.6 is 0 Å². The maximum absolute atomic E-state index is 11.8. The smallest absolute Gasteiger partial charge is 0.412 e. The summed E-state index contributed by atoms with van der Waals surface area (Å²) in [6, 6.07) is 7.78. The molecule has 0 aromatic heterocycles. The summed E-state index contributed by atoms with van der Waals surface area (Å²) in [5.41, 5.74) is 1.37. The summed E-state index contributed by atoms with van der Waals surface area (Å²) >= 11 is 0. The van der Waals surface area contributed by atoms with Crippen molar-refractivity contribution in [3.8, 4) is 0 Å². The minimum Gasteiger partial charge on any atom is -0.444 e. The lowest BCUT2D eigenvalue weighted by Gasteiger charge is -2.29. The molecule has 1 aromatic rings. The summed E-state index contributed by atoms with van der Waals surface area (Å²) in [6.45, 7) is 12.4. The summed E-state index contributed by atoms with van der Waals surface area (Å²) in [5.74, 6) is 0.803. The van der Waals surface area contributed by atoms with Gasteiger partial charge in [-0.1, -0.05) is 12.1 Å². The molecular formula is C22H37N5O3. The van der Waals surface area contributed by atoms with Gasteiger partial charge in [0.2, 0.25) is 0 Å². The molecule has 168 valence electrons. The van der Waals surface area contributed by atoms with Gasteiger partial charge >= 0.3 is 6.09 Å². The molecule has 1 aromatic carbocycles. The number of nitrogens with zero attached hydrogens (tertiary/aromatic N) is 2. The number of carbonyl (C=O) groups excluding carboxylic acids is 1. The number of hydrogen-bond acceptors (Lipinski definition) is 5. The van der Waals surface area contributed by atoms with Crippen molar-refractivity contribution in [3.63, 3.8) is 0 Å². The number of nitrogens with one attached hydrogen (secondary N) is 3. The molecule has 1 atom stereocenters. The van der Waals surface area contributed by atoms with E-state index < -0.39 is 11.7 Å². The Kier molecular flexibility index (Phi) is 9.39. The highest BCUT2D eigenvalue weighted by molar-refractivity contribution is 5.84. The SMILES string of the molecule is CCNC(=NCC1CN(C)CCO1)NCCc1ccc(NC(=O)OC(C)(C)C)cc1. The predicted octanol–water partition coefficient (Wildman–Crippen LogP) is 2.46. The van der Waals surface area contributed by atoms with Gasteiger partial charge in [-0.25, -0.2) is 4.79 Å². The number of anilines is 1. The molecule has 2 rings (SSSR count). The first-order valence-corrected chi connectivity index (χ1v) is 10.7. The van der Waals surface area contributed by atoms with Crippen molar-refractivity contribution in [2.45, 2.75) is 45.8 Å². The lowest BCUT2D eigenvalue weighted by Crippen LogP contribution is -2.43. The van der Waals surface area contributed by atoms with E-state index in [1.165, 1.54) is 5.56 Å². The van der Waals surface area contributed by atoms with Crippen LogP contribution in [0.5, 0.6) is 0 Å². The third-order valence-corrected chi connectivity index (χ3v) is 4.44. The number of guanidine groups is 1. The van der Waals surface area contributed by atoms with Crippen LogP contribution in [0.2, 0.25) is 0 Å². The Labute approximate surface area is 180 Å². The number of benzene rings is 1. The number of aliphatic imine (C=N–C) groups is 1. The van der Waals surface area contributed by atoms with Crippen LogP contribution < -0.4 is 16.0 Å². The van der Waals surface area contributed by atoms with E-state index in [2.05, 4.69) is 39.8 Å². The van der Waals surface area contributed by atoms with E-state index in [0.29, 0.717) is 12.2 Å². The van der Waals surface area contributed by atoms with Gasteiger partial charge in [0, 0.05) is 31.9 Å². The third kappa shape index (κ3) is 9.45. The average Bonchev–Trinajstić information content (AvgIpc) is 2.66. The van der Waals surface area contributed by atoms with Gasteiger partial charge in [-0.3, -0.25) is 10.3 Å². The summed E-state index contributed by atoms with van der Waals surface area (Å²) in [5, 5.41) is 9.40. The Bertz CT molecular complexity index is 685. The van der Waals surface area contributed by atoms with E-state index in [1.807, 2.05) is 45.0 Å². The van der Waals surface area contributed by atoms with Gasteiger partial charge in [-0.2, -0.15) is 0 Å². The molecule has 30 heavy (non-hydrogen) atoms. The van der Waals surface area contributed by atoms with Gasteiger partial charge in [0.15, 0.2) is 5.96 Å². The molecule has 1 aliphatic heterocycles. The van der Waals surface area contributed by atoms with Crippen LogP contribution in [0, 0.1) is 0 Å². The van der Waals surface area contributed by atoms with Crippen LogP contribution in [-0.4, -0.2) is 75.0 Å². The van der Waals surface area contributed by atoms with Crippen LogP contribution in [0.25, 0.3) is 0 Å². The number of ether oxygens (including phenoxy) is 2. The number of likely N-dealkylation sites (N-methyl/N-ethyl adjacent to an activating group) is 1. The van der Waals surface area contributed by atoms with Gasteiger partial charge in [-0.05, 0) is 58.9 Å². The monoisotopic (exact) mass is 419 g/mol. The van der Waals surface area contributed by atoms with Crippen LogP contribution in [-0.2, 0) is 15.9 Å². The summed E-state index contributed by atoms with van der Waals surface area (Å²) in [4.78, 5) is 18.8. The molecule has 3 N–H and O–H groups in total. The molecular weight excluding hydrogens is 382 g/mol. The molecule has 1 saturated heterocycles. The minimum absolute atomic E-state index is 0.143. The number of carbonyl (C=O) groups is 1. The Balaban J connectivity index is 1.77. The van der Waals surface area contributed by atoms with E-state index in [1.54, 1.807) is 0 Å². The molecule has 1 aliphatic rings. The Morgan fingerprint density at radius 1 is 1.27 bits per heavy atom. The fourth-order valence-electron chi connectivity index (χ4n) is 3.01. The number of rotatable bonds is 7. The molecule has 0 aliphatic carbocycles. The van der Waals surface area contributed by atoms with Gasteiger partial charge in [-0.15, -0.1) is 0 Å². The molecule has 0 radical (unpaired) electrons. The van der Waals surface area contributed by atoms with Crippen LogP contribution in [0.4, 0.5) is 10.5 Å². The van der Waals surface area contributed by atoms with E-state index >= 15 is 0 Å². The van der Waals surface area contributed by atoms with Crippen LogP contribution in [0.15, 0.2) is 29.3 Å². The topological polar surface area (TPSA) is 87.2 Å². The van der Waals surface area contributed by atoms with Crippen molar-refractivity contribution >= 4 is 17.7 Å². The van der Waals surface area contributed by atoms with Crippen molar-refractivity contribution in [1.82, 2.24) is 15.5 Å². The normalized spacial score (nSPS) is 18.0. The van der Waals surface area contributed by atoms with Crippen molar-refractivity contribution in [3.05, 3.63) is 29.8 Å². The van der Waals surface area contributed by atoms with Crippen molar-refractivity contribution in [2.24, 2.45) is 4.99 Å². The molecule has 0 bridgehead atoms. The second kappa shape index (κ2) is 11.8. The van der Waals surface area contributed by atoms with Gasteiger partial charge in [0.05, 0.1) is 19.3 Å². The second-order valence-electron chi connectivity index (χ2n) is 8.48. The maximum Gasteiger partial charge on any atom is 0.412 e. The Hall–Kier alpha value is -2.32. The maximum atomic E-state index is 11.8. The zero-order chi connectivity index (χ0) is 22.0. The fourth-order valence-corrected chi connectivity index (χ4v) is 3.01. The fraction of sp³-hybridized carbons (Fsp3) is 0.636. The summed E-state index contributed by atoms with van der Waals surface area (Å²) in [7, 11) is 2.11. The first-order valence-electron chi connectivity index (χ1n) is 10.7. The summed E-state index contributed by atoms with van der Waals surface area (Å²) < 4.78 is 11.0. The van der Waals surface area contributed by atoms with Crippen molar-refractivity contribution < 1.29 is 14.3 Å². The molecule has 1 amide bonds. The van der Waals surface area contributed by atoms with Crippen molar-refractivity contribution in [1.29, 1.82) is 0 Å².